The molecule has 0 fully saturated rings. The minimum absolute atomic E-state index is 0.270. The minimum atomic E-state index is -0.588. The van der Waals surface area contributed by atoms with E-state index in [1.807, 2.05) is 0 Å². The molecule has 0 radical (unpaired) electrons. The average Bonchev–Trinajstić information content (AvgIpc) is 2.01. The molecule has 0 aliphatic carbocycles. The molecule has 0 saturated carbocycles. The van der Waals surface area contributed by atoms with Gasteiger partial charge in [0.25, 0.3) is 0 Å². The van der Waals surface area contributed by atoms with E-state index in [1.165, 1.54) is 18.2 Å². The summed E-state index contributed by atoms with van der Waals surface area (Å²) < 4.78 is 12.3. The van der Waals surface area contributed by atoms with Crippen molar-refractivity contribution in [3.8, 4) is 17.9 Å². The fourth-order valence-electron chi connectivity index (χ4n) is 0.570. The number of pyridine rings is 1. The van der Waals surface area contributed by atoms with Crippen LogP contribution in [0.2, 0.25) is 0 Å². The standard InChI is InChI=1S/C8H3FN2/c9-8-5-1-3-7(11-8)4-2-6-10/h1,3,5H. The van der Waals surface area contributed by atoms with Crippen molar-refractivity contribution in [2.24, 2.45) is 0 Å². The highest BCUT2D eigenvalue weighted by atomic mass is 19.1. The summed E-state index contributed by atoms with van der Waals surface area (Å²) in [5, 5.41) is 8.05. The van der Waals surface area contributed by atoms with Gasteiger partial charge in [-0.25, -0.2) is 4.98 Å². The highest BCUT2D eigenvalue weighted by Gasteiger charge is 1.90. The Labute approximate surface area is 63.3 Å². The Morgan fingerprint density at radius 1 is 1.45 bits per heavy atom. The minimum Gasteiger partial charge on any atom is -0.211 e. The van der Waals surface area contributed by atoms with E-state index in [4.69, 9.17) is 5.26 Å². The van der Waals surface area contributed by atoms with Crippen molar-refractivity contribution in [3.63, 3.8) is 0 Å². The van der Waals surface area contributed by atoms with E-state index in [-0.39, 0.29) is 5.69 Å². The summed E-state index contributed by atoms with van der Waals surface area (Å²) in [6, 6.07) is 5.86. The number of nitrogens with zero attached hydrogens (tertiary/aromatic N) is 2. The highest BCUT2D eigenvalue weighted by molar-refractivity contribution is 5.32. The second-order valence-corrected chi connectivity index (χ2v) is 1.71. The van der Waals surface area contributed by atoms with Gasteiger partial charge < -0.3 is 0 Å². The van der Waals surface area contributed by atoms with E-state index in [2.05, 4.69) is 16.8 Å². The summed E-state index contributed by atoms with van der Waals surface area (Å²) >= 11 is 0. The first-order valence-corrected chi connectivity index (χ1v) is 2.85. The normalized spacial score (nSPS) is 7.64. The first-order valence-electron chi connectivity index (χ1n) is 2.85. The third-order valence-corrected chi connectivity index (χ3v) is 0.962. The Kier molecular flexibility index (Phi) is 2.20. The van der Waals surface area contributed by atoms with Crippen molar-refractivity contribution >= 4 is 0 Å². The lowest BCUT2D eigenvalue weighted by Gasteiger charge is -1.86. The number of nitriles is 1. The maximum absolute atomic E-state index is 12.3. The summed E-state index contributed by atoms with van der Waals surface area (Å²) in [7, 11) is 0. The van der Waals surface area contributed by atoms with Gasteiger partial charge in [-0.15, -0.1) is 0 Å². The molecular formula is C8H3FN2. The molecule has 0 aromatic carbocycles. The van der Waals surface area contributed by atoms with Crippen molar-refractivity contribution in [1.29, 1.82) is 5.26 Å². The number of halogens is 1. The molecular weight excluding hydrogens is 143 g/mol. The summed E-state index contributed by atoms with van der Waals surface area (Å²) in [6.07, 6.45) is 0. The molecule has 11 heavy (non-hydrogen) atoms. The zero-order valence-corrected chi connectivity index (χ0v) is 5.50. The molecule has 1 rings (SSSR count). The van der Waals surface area contributed by atoms with Crippen LogP contribution in [0.15, 0.2) is 18.2 Å². The van der Waals surface area contributed by atoms with Crippen LogP contribution in [0.1, 0.15) is 5.69 Å². The first-order chi connectivity index (χ1) is 5.33. The number of rotatable bonds is 0. The average molecular weight is 146 g/mol. The van der Waals surface area contributed by atoms with Gasteiger partial charge in [-0.2, -0.15) is 9.65 Å². The molecule has 0 spiro atoms. The molecule has 0 bridgehead atoms. The van der Waals surface area contributed by atoms with Crippen LogP contribution < -0.4 is 0 Å². The van der Waals surface area contributed by atoms with E-state index >= 15 is 0 Å². The van der Waals surface area contributed by atoms with Gasteiger partial charge in [0.15, 0.2) is 6.07 Å². The van der Waals surface area contributed by atoms with Crippen LogP contribution in [0.5, 0.6) is 0 Å². The highest BCUT2D eigenvalue weighted by Crippen LogP contribution is 1.94. The first kappa shape index (κ1) is 7.24. The second-order valence-electron chi connectivity index (χ2n) is 1.71. The van der Waals surface area contributed by atoms with Gasteiger partial charge in [0.2, 0.25) is 5.95 Å². The van der Waals surface area contributed by atoms with Crippen molar-refractivity contribution in [2.45, 2.75) is 0 Å². The fraction of sp³-hybridized carbons (Fsp3) is 0. The Hall–Kier alpha value is -1.87. The van der Waals surface area contributed by atoms with E-state index < -0.39 is 5.95 Å². The summed E-state index contributed by atoms with van der Waals surface area (Å²) in [6.45, 7) is 0. The number of hydrogen-bond donors (Lipinski definition) is 0. The van der Waals surface area contributed by atoms with Gasteiger partial charge in [0.1, 0.15) is 5.69 Å². The SMILES string of the molecule is N#CC#Cc1cccc(F)n1. The van der Waals surface area contributed by atoms with Gasteiger partial charge in [-0.3, -0.25) is 0 Å². The Balaban J connectivity index is 2.99. The molecule has 2 nitrogen and oxygen atoms in total. The maximum Gasteiger partial charge on any atom is 0.214 e. The molecule has 0 atom stereocenters. The van der Waals surface area contributed by atoms with Crippen LogP contribution in [0.3, 0.4) is 0 Å². The van der Waals surface area contributed by atoms with Crippen molar-refractivity contribution < 1.29 is 4.39 Å². The van der Waals surface area contributed by atoms with Crippen molar-refractivity contribution in [3.05, 3.63) is 29.8 Å². The van der Waals surface area contributed by atoms with Gasteiger partial charge in [-0.1, -0.05) is 6.07 Å². The lowest BCUT2D eigenvalue weighted by molar-refractivity contribution is 0.582. The third-order valence-electron chi connectivity index (χ3n) is 0.962. The van der Waals surface area contributed by atoms with Crippen molar-refractivity contribution in [2.75, 3.05) is 0 Å². The van der Waals surface area contributed by atoms with Crippen LogP contribution >= 0.6 is 0 Å². The Bertz CT molecular complexity index is 354. The molecule has 1 aromatic heterocycles. The quantitative estimate of drug-likeness (QED) is 0.406. The van der Waals surface area contributed by atoms with Crippen LogP contribution in [0.4, 0.5) is 4.39 Å². The number of hydrogen-bond acceptors (Lipinski definition) is 2. The second kappa shape index (κ2) is 3.34. The molecule has 0 amide bonds. The zero-order chi connectivity index (χ0) is 8.10. The predicted octanol–water partition coefficient (Wildman–Crippen LogP) is 1.10. The van der Waals surface area contributed by atoms with Gasteiger partial charge in [-0.05, 0) is 18.1 Å². The van der Waals surface area contributed by atoms with Crippen LogP contribution in [-0.4, -0.2) is 4.98 Å². The summed E-state index contributed by atoms with van der Waals surface area (Å²) in [5.41, 5.74) is 0.270. The lowest BCUT2D eigenvalue weighted by atomic mass is 10.3. The largest absolute Gasteiger partial charge is 0.214 e. The molecule has 3 heteroatoms. The number of aromatic nitrogens is 1. The van der Waals surface area contributed by atoms with Gasteiger partial charge >= 0.3 is 0 Å². The molecule has 0 aliphatic heterocycles. The molecule has 1 heterocycles. The summed E-state index contributed by atoms with van der Waals surface area (Å²) in [4.78, 5) is 3.42. The van der Waals surface area contributed by atoms with E-state index in [9.17, 15) is 4.39 Å². The monoisotopic (exact) mass is 146 g/mol. The van der Waals surface area contributed by atoms with Gasteiger partial charge in [0, 0.05) is 5.92 Å². The van der Waals surface area contributed by atoms with Gasteiger partial charge in [0.05, 0.1) is 0 Å². The van der Waals surface area contributed by atoms with E-state index in [1.54, 1.807) is 6.07 Å². The van der Waals surface area contributed by atoms with E-state index in [0.717, 1.165) is 0 Å². The third kappa shape index (κ3) is 2.08. The lowest BCUT2D eigenvalue weighted by Crippen LogP contribution is -1.84. The maximum atomic E-state index is 12.3. The van der Waals surface area contributed by atoms with Crippen LogP contribution in [0, 0.1) is 29.1 Å². The fourth-order valence-corrected chi connectivity index (χ4v) is 0.570. The molecule has 0 unspecified atom stereocenters. The smallest absolute Gasteiger partial charge is 0.211 e. The molecule has 0 aliphatic rings. The molecule has 0 saturated heterocycles. The topological polar surface area (TPSA) is 36.7 Å². The Morgan fingerprint density at radius 3 is 2.91 bits per heavy atom. The molecule has 1 aromatic rings. The summed E-state index contributed by atoms with van der Waals surface area (Å²) in [5.74, 6) is 3.90. The predicted molar refractivity (Wildman–Crippen MR) is 36.7 cm³/mol. The molecule has 52 valence electrons. The van der Waals surface area contributed by atoms with Crippen molar-refractivity contribution in [1.82, 2.24) is 4.98 Å². The van der Waals surface area contributed by atoms with Crippen LogP contribution in [0.25, 0.3) is 0 Å². The zero-order valence-electron chi connectivity index (χ0n) is 5.50. The molecule has 0 N–H and O–H groups in total. The van der Waals surface area contributed by atoms with Crippen LogP contribution in [-0.2, 0) is 0 Å². The van der Waals surface area contributed by atoms with E-state index in [0.29, 0.717) is 0 Å². The Morgan fingerprint density at radius 2 is 2.27 bits per heavy atom.